The van der Waals surface area contributed by atoms with Gasteiger partial charge in [-0.1, -0.05) is 0 Å². The number of nitrogens with one attached hydrogen (secondary N) is 1. The normalized spacial score (nSPS) is 16.5. The number of carbonyl (C=O) groups is 2. The second-order valence-corrected chi connectivity index (χ2v) is 5.88. The maximum atomic E-state index is 13.2. The van der Waals surface area contributed by atoms with Crippen LogP contribution in [-0.4, -0.2) is 39.3 Å². The minimum Gasteiger partial charge on any atom is -0.423 e. The highest BCUT2D eigenvalue weighted by Crippen LogP contribution is 2.29. The smallest absolute Gasteiger partial charge is 0.302 e. The Morgan fingerprint density at radius 2 is 2.24 bits per heavy atom. The van der Waals surface area contributed by atoms with Crippen molar-refractivity contribution in [2.24, 2.45) is 0 Å². The Morgan fingerprint density at radius 3 is 3.04 bits per heavy atom. The summed E-state index contributed by atoms with van der Waals surface area (Å²) in [6.07, 6.45) is 1.45. The van der Waals surface area contributed by atoms with Crippen LogP contribution in [-0.2, 0) is 11.3 Å². The van der Waals surface area contributed by atoms with Crippen molar-refractivity contribution in [1.29, 1.82) is 0 Å². The van der Waals surface area contributed by atoms with Crippen molar-refractivity contribution in [2.45, 2.75) is 19.5 Å². The fourth-order valence-corrected chi connectivity index (χ4v) is 2.82. The molecule has 0 spiro atoms. The summed E-state index contributed by atoms with van der Waals surface area (Å²) in [5.74, 6) is -0.405. The summed E-state index contributed by atoms with van der Waals surface area (Å²) >= 11 is 0. The highest BCUT2D eigenvalue weighted by molar-refractivity contribution is 6.08. The van der Waals surface area contributed by atoms with E-state index in [9.17, 15) is 14.0 Å². The van der Waals surface area contributed by atoms with Gasteiger partial charge in [-0.3, -0.25) is 14.9 Å². The van der Waals surface area contributed by atoms with Crippen LogP contribution in [0.15, 0.2) is 28.9 Å². The molecule has 0 saturated carbocycles. The number of rotatable bonds is 3. The van der Waals surface area contributed by atoms with Gasteiger partial charge in [0.15, 0.2) is 11.4 Å². The van der Waals surface area contributed by atoms with Crippen LogP contribution in [0.5, 0.6) is 0 Å². The zero-order chi connectivity index (χ0) is 17.7. The molecule has 0 radical (unpaired) electrons. The minimum atomic E-state index is -0.452. The molecule has 3 aromatic rings. The molecular formula is C16H14FN5O3. The number of amides is 1. The predicted molar refractivity (Wildman–Crippen MR) is 87.0 cm³/mol. The zero-order valence-corrected chi connectivity index (χ0v) is 13.5. The summed E-state index contributed by atoms with van der Waals surface area (Å²) in [5, 5.41) is 2.50. The van der Waals surface area contributed by atoms with Gasteiger partial charge in [0.25, 0.3) is 0 Å². The van der Waals surface area contributed by atoms with Crippen molar-refractivity contribution in [1.82, 2.24) is 14.5 Å². The number of anilines is 2. The van der Waals surface area contributed by atoms with Crippen molar-refractivity contribution in [3.05, 3.63) is 36.0 Å². The molecule has 4 rings (SSSR count). The number of ketones is 1. The average molecular weight is 343 g/mol. The molecule has 1 atom stereocenters. The number of Topliss-reactive ketones (excluding diaryl/α,β-unsaturated/α-hetero) is 1. The maximum absolute atomic E-state index is 13.2. The summed E-state index contributed by atoms with van der Waals surface area (Å²) in [5.41, 5.74) is 1.08. The number of carbonyl (C=O) groups excluding carboxylic acids is 2. The summed E-state index contributed by atoms with van der Waals surface area (Å²) in [7, 11) is 1.78. The molecule has 1 aromatic carbocycles. The molecule has 128 valence electrons. The van der Waals surface area contributed by atoms with E-state index < -0.39 is 11.7 Å². The minimum absolute atomic E-state index is 0.0285. The third-order valence-corrected chi connectivity index (χ3v) is 4.26. The topological polar surface area (TPSA) is 93.3 Å². The van der Waals surface area contributed by atoms with Gasteiger partial charge >= 0.3 is 6.01 Å². The quantitative estimate of drug-likeness (QED) is 0.780. The van der Waals surface area contributed by atoms with E-state index in [0.717, 1.165) is 0 Å². The second-order valence-electron chi connectivity index (χ2n) is 5.88. The second kappa shape index (κ2) is 5.40. The Hall–Kier alpha value is -3.23. The SMILES string of the molecule is CC1C(=O)c2c(ncn2CC(=O)Nc2nc3ccc(F)cc3o2)N1C. The lowest BCUT2D eigenvalue weighted by Crippen LogP contribution is -2.29. The van der Waals surface area contributed by atoms with Crippen LogP contribution in [0.2, 0.25) is 0 Å². The first-order valence-corrected chi connectivity index (χ1v) is 7.62. The molecule has 3 heterocycles. The van der Waals surface area contributed by atoms with E-state index in [1.165, 1.54) is 29.1 Å². The molecule has 0 aliphatic carbocycles. The van der Waals surface area contributed by atoms with Crippen LogP contribution in [0.3, 0.4) is 0 Å². The molecule has 1 aliphatic rings. The lowest BCUT2D eigenvalue weighted by molar-refractivity contribution is -0.116. The Kier molecular flexibility index (Phi) is 3.31. The standard InChI is InChI=1S/C16H14FN5O3/c1-8-14(24)13-15(21(8)2)18-7-22(13)6-12(23)20-16-19-10-4-3-9(17)5-11(10)25-16/h3-5,7-8H,6H2,1-2H3,(H,19,20,23). The van der Waals surface area contributed by atoms with E-state index in [0.29, 0.717) is 17.0 Å². The molecule has 9 heteroatoms. The summed E-state index contributed by atoms with van der Waals surface area (Å²) in [4.78, 5) is 34.5. The van der Waals surface area contributed by atoms with E-state index >= 15 is 0 Å². The fraction of sp³-hybridized carbons (Fsp3) is 0.250. The molecule has 1 amide bonds. The van der Waals surface area contributed by atoms with Crippen LogP contribution in [0.4, 0.5) is 16.2 Å². The highest BCUT2D eigenvalue weighted by Gasteiger charge is 2.36. The van der Waals surface area contributed by atoms with Crippen molar-refractivity contribution in [3.63, 3.8) is 0 Å². The lowest BCUT2D eigenvalue weighted by Gasteiger charge is -2.14. The number of hydrogen-bond acceptors (Lipinski definition) is 6. The zero-order valence-electron chi connectivity index (χ0n) is 13.5. The molecule has 0 fully saturated rings. The van der Waals surface area contributed by atoms with Gasteiger partial charge in [0.2, 0.25) is 11.7 Å². The largest absolute Gasteiger partial charge is 0.423 e. The van der Waals surface area contributed by atoms with Crippen LogP contribution in [0.25, 0.3) is 11.1 Å². The molecule has 2 aromatic heterocycles. The van der Waals surface area contributed by atoms with Gasteiger partial charge in [0.05, 0.1) is 12.4 Å². The van der Waals surface area contributed by atoms with E-state index in [1.54, 1.807) is 18.9 Å². The molecular weight excluding hydrogens is 329 g/mol. The van der Waals surface area contributed by atoms with E-state index in [4.69, 9.17) is 4.42 Å². The number of benzene rings is 1. The summed E-state index contributed by atoms with van der Waals surface area (Å²) < 4.78 is 20.0. The first-order chi connectivity index (χ1) is 11.9. The van der Waals surface area contributed by atoms with E-state index in [2.05, 4.69) is 15.3 Å². The number of oxazole rings is 1. The van der Waals surface area contributed by atoms with Crippen molar-refractivity contribution in [3.8, 4) is 0 Å². The summed E-state index contributed by atoms with van der Waals surface area (Å²) in [6, 6.07) is 3.58. The number of hydrogen-bond donors (Lipinski definition) is 1. The Bertz CT molecular complexity index is 1010. The van der Waals surface area contributed by atoms with Crippen molar-refractivity contribution >= 4 is 34.6 Å². The molecule has 1 N–H and O–H groups in total. The molecule has 1 aliphatic heterocycles. The number of halogens is 1. The van der Waals surface area contributed by atoms with Gasteiger partial charge in [0, 0.05) is 13.1 Å². The Labute approximate surface area is 141 Å². The molecule has 0 saturated heterocycles. The van der Waals surface area contributed by atoms with Gasteiger partial charge in [0.1, 0.15) is 23.6 Å². The molecule has 0 bridgehead atoms. The van der Waals surface area contributed by atoms with Gasteiger partial charge < -0.3 is 13.9 Å². The molecule has 1 unspecified atom stereocenters. The Balaban J connectivity index is 1.53. The van der Waals surface area contributed by atoms with Gasteiger partial charge in [-0.15, -0.1) is 0 Å². The Morgan fingerprint density at radius 1 is 1.44 bits per heavy atom. The first kappa shape index (κ1) is 15.3. The van der Waals surface area contributed by atoms with Gasteiger partial charge in [-0.05, 0) is 19.1 Å². The van der Waals surface area contributed by atoms with Crippen LogP contribution >= 0.6 is 0 Å². The van der Waals surface area contributed by atoms with Crippen molar-refractivity contribution in [2.75, 3.05) is 17.3 Å². The predicted octanol–water partition coefficient (Wildman–Crippen LogP) is 1.82. The third-order valence-electron chi connectivity index (χ3n) is 4.26. The van der Waals surface area contributed by atoms with E-state index in [1.807, 2.05) is 0 Å². The maximum Gasteiger partial charge on any atom is 0.302 e. The third kappa shape index (κ3) is 2.44. The van der Waals surface area contributed by atoms with Gasteiger partial charge in [-0.2, -0.15) is 4.98 Å². The average Bonchev–Trinajstić information content (AvgIpc) is 3.20. The number of fused-ring (bicyclic) bond motifs is 2. The number of aromatic nitrogens is 3. The molecule has 25 heavy (non-hydrogen) atoms. The van der Waals surface area contributed by atoms with Gasteiger partial charge in [-0.25, -0.2) is 9.37 Å². The number of nitrogens with zero attached hydrogens (tertiary/aromatic N) is 4. The van der Waals surface area contributed by atoms with Crippen molar-refractivity contribution < 1.29 is 18.4 Å². The number of likely N-dealkylation sites (N-methyl/N-ethyl adjacent to an activating group) is 1. The van der Waals surface area contributed by atoms with E-state index in [-0.39, 0.29) is 30.0 Å². The van der Waals surface area contributed by atoms with Crippen LogP contribution in [0.1, 0.15) is 17.4 Å². The monoisotopic (exact) mass is 343 g/mol. The molecule has 8 nitrogen and oxygen atoms in total. The number of imidazole rings is 1. The fourth-order valence-electron chi connectivity index (χ4n) is 2.82. The highest BCUT2D eigenvalue weighted by atomic mass is 19.1. The lowest BCUT2D eigenvalue weighted by atomic mass is 10.2. The van der Waals surface area contributed by atoms with Crippen LogP contribution in [0, 0.1) is 5.82 Å². The van der Waals surface area contributed by atoms with Crippen LogP contribution < -0.4 is 10.2 Å². The summed E-state index contributed by atoms with van der Waals surface area (Å²) in [6.45, 7) is 1.67. The first-order valence-electron chi connectivity index (χ1n) is 7.62.